The molecule has 2 aromatic rings. The molecule has 0 aromatic heterocycles. The molecule has 108 valence electrons. The van der Waals surface area contributed by atoms with Crippen molar-refractivity contribution >= 4 is 33.3 Å². The van der Waals surface area contributed by atoms with Crippen molar-refractivity contribution in [3.63, 3.8) is 0 Å². The van der Waals surface area contributed by atoms with Crippen molar-refractivity contribution in [1.82, 2.24) is 0 Å². The molecule has 1 aliphatic rings. The zero-order valence-electron chi connectivity index (χ0n) is 11.7. The van der Waals surface area contributed by atoms with Gasteiger partial charge in [-0.3, -0.25) is 0 Å². The molecule has 2 aromatic carbocycles. The van der Waals surface area contributed by atoms with E-state index in [-0.39, 0.29) is 5.56 Å². The molecule has 4 heteroatoms. The second-order valence-corrected chi connectivity index (χ2v) is 6.37. The molecule has 1 aliphatic heterocycles. The van der Waals surface area contributed by atoms with Gasteiger partial charge in [-0.25, -0.2) is 4.79 Å². The Morgan fingerprint density at radius 3 is 2.76 bits per heavy atom. The number of hydrogen-bond donors (Lipinski definition) is 1. The number of rotatable bonds is 2. The van der Waals surface area contributed by atoms with Crippen LogP contribution in [0.15, 0.2) is 46.9 Å². The van der Waals surface area contributed by atoms with Crippen molar-refractivity contribution in [2.24, 2.45) is 5.92 Å². The van der Waals surface area contributed by atoms with Crippen LogP contribution in [0, 0.1) is 5.92 Å². The van der Waals surface area contributed by atoms with Gasteiger partial charge in [0, 0.05) is 22.4 Å². The van der Waals surface area contributed by atoms with Gasteiger partial charge < -0.3 is 10.0 Å². The zero-order chi connectivity index (χ0) is 15.0. The Morgan fingerprint density at radius 1 is 1.29 bits per heavy atom. The summed E-state index contributed by atoms with van der Waals surface area (Å²) in [6, 6.07) is 13.8. The molecule has 0 fully saturated rings. The van der Waals surface area contributed by atoms with Crippen LogP contribution in [0.2, 0.25) is 0 Å². The van der Waals surface area contributed by atoms with Gasteiger partial charge in [0.2, 0.25) is 0 Å². The Labute approximate surface area is 132 Å². The molecule has 0 bridgehead atoms. The van der Waals surface area contributed by atoms with Gasteiger partial charge in [0.1, 0.15) is 0 Å². The Morgan fingerprint density at radius 2 is 2.05 bits per heavy atom. The van der Waals surface area contributed by atoms with Crippen LogP contribution in [-0.2, 0) is 6.42 Å². The predicted octanol–water partition coefficient (Wildman–Crippen LogP) is 4.48. The molecule has 1 heterocycles. The Hall–Kier alpha value is -1.81. The molecule has 21 heavy (non-hydrogen) atoms. The van der Waals surface area contributed by atoms with E-state index in [1.165, 1.54) is 11.3 Å². The van der Waals surface area contributed by atoms with Crippen LogP contribution in [0.4, 0.5) is 11.4 Å². The number of anilines is 2. The maximum Gasteiger partial charge on any atom is 0.336 e. The van der Waals surface area contributed by atoms with E-state index in [0.717, 1.165) is 18.7 Å². The number of carbonyl (C=O) groups is 1. The third kappa shape index (κ3) is 2.68. The summed E-state index contributed by atoms with van der Waals surface area (Å²) < 4.78 is 0.614. The molecule has 0 amide bonds. The normalized spacial score (nSPS) is 17.4. The molecular formula is C17H16BrNO2. The highest BCUT2D eigenvalue weighted by Gasteiger charge is 2.23. The lowest BCUT2D eigenvalue weighted by Crippen LogP contribution is -2.30. The Bertz CT molecular complexity index is 699. The Balaban J connectivity index is 2.05. The van der Waals surface area contributed by atoms with Crippen molar-refractivity contribution in [3.8, 4) is 0 Å². The fraction of sp³-hybridized carbons (Fsp3) is 0.235. The molecule has 0 radical (unpaired) electrons. The quantitative estimate of drug-likeness (QED) is 0.872. The molecule has 3 rings (SSSR count). The average Bonchev–Trinajstić information content (AvgIpc) is 2.45. The van der Waals surface area contributed by atoms with Gasteiger partial charge in [-0.05, 0) is 58.1 Å². The summed E-state index contributed by atoms with van der Waals surface area (Å²) in [7, 11) is 0. The minimum absolute atomic E-state index is 0.289. The smallest absolute Gasteiger partial charge is 0.336 e. The Kier molecular flexibility index (Phi) is 3.72. The summed E-state index contributed by atoms with van der Waals surface area (Å²) in [5, 5.41) is 9.12. The van der Waals surface area contributed by atoms with E-state index in [1.54, 1.807) is 6.07 Å². The molecular weight excluding hydrogens is 330 g/mol. The lowest BCUT2D eigenvalue weighted by molar-refractivity contribution is 0.0696. The van der Waals surface area contributed by atoms with Crippen LogP contribution in [-0.4, -0.2) is 17.6 Å². The van der Waals surface area contributed by atoms with E-state index in [4.69, 9.17) is 5.11 Å². The lowest BCUT2D eigenvalue weighted by Gasteiger charge is -2.35. The molecule has 1 atom stereocenters. The topological polar surface area (TPSA) is 40.5 Å². The zero-order valence-corrected chi connectivity index (χ0v) is 13.3. The van der Waals surface area contributed by atoms with E-state index in [1.807, 2.05) is 18.2 Å². The maximum absolute atomic E-state index is 11.1. The molecule has 0 saturated carbocycles. The van der Waals surface area contributed by atoms with Gasteiger partial charge in [-0.15, -0.1) is 0 Å². The van der Waals surface area contributed by atoms with E-state index in [0.29, 0.717) is 10.4 Å². The summed E-state index contributed by atoms with van der Waals surface area (Å²) >= 11 is 3.36. The van der Waals surface area contributed by atoms with Crippen LogP contribution in [0.5, 0.6) is 0 Å². The van der Waals surface area contributed by atoms with Crippen molar-refractivity contribution in [3.05, 3.63) is 58.1 Å². The van der Waals surface area contributed by atoms with Gasteiger partial charge in [-0.1, -0.05) is 25.1 Å². The molecule has 0 saturated heterocycles. The highest BCUT2D eigenvalue weighted by Crippen LogP contribution is 2.36. The van der Waals surface area contributed by atoms with Gasteiger partial charge >= 0.3 is 5.97 Å². The first kappa shape index (κ1) is 14.1. The molecule has 1 N–H and O–H groups in total. The fourth-order valence-corrected chi connectivity index (χ4v) is 3.42. The first-order valence-corrected chi connectivity index (χ1v) is 7.74. The number of halogens is 1. The van der Waals surface area contributed by atoms with Crippen molar-refractivity contribution < 1.29 is 9.90 Å². The number of nitrogens with zero attached hydrogens (tertiary/aromatic N) is 1. The third-order valence-corrected chi connectivity index (χ3v) is 4.50. The molecule has 3 nitrogen and oxygen atoms in total. The third-order valence-electron chi connectivity index (χ3n) is 3.84. The van der Waals surface area contributed by atoms with Gasteiger partial charge in [0.05, 0.1) is 5.56 Å². The van der Waals surface area contributed by atoms with Crippen LogP contribution in [0.3, 0.4) is 0 Å². The van der Waals surface area contributed by atoms with Crippen LogP contribution in [0.1, 0.15) is 22.8 Å². The number of carboxylic acids is 1. The highest BCUT2D eigenvalue weighted by atomic mass is 79.9. The molecule has 0 spiro atoms. The van der Waals surface area contributed by atoms with Crippen LogP contribution >= 0.6 is 15.9 Å². The number of benzene rings is 2. The number of carboxylic acid groups (broad SMARTS) is 1. The van der Waals surface area contributed by atoms with Gasteiger partial charge in [0.15, 0.2) is 0 Å². The monoisotopic (exact) mass is 345 g/mol. The van der Waals surface area contributed by atoms with E-state index < -0.39 is 5.97 Å². The van der Waals surface area contributed by atoms with Gasteiger partial charge in [-0.2, -0.15) is 0 Å². The fourth-order valence-electron chi connectivity index (χ4n) is 2.89. The largest absolute Gasteiger partial charge is 0.478 e. The average molecular weight is 346 g/mol. The molecule has 0 aliphatic carbocycles. The van der Waals surface area contributed by atoms with Crippen LogP contribution < -0.4 is 4.90 Å². The minimum Gasteiger partial charge on any atom is -0.478 e. The first-order chi connectivity index (χ1) is 10.1. The first-order valence-electron chi connectivity index (χ1n) is 6.94. The number of aromatic carboxylic acids is 1. The number of fused-ring (bicyclic) bond motifs is 1. The highest BCUT2D eigenvalue weighted by molar-refractivity contribution is 9.10. The van der Waals surface area contributed by atoms with Crippen molar-refractivity contribution in [1.29, 1.82) is 0 Å². The lowest BCUT2D eigenvalue weighted by atomic mass is 9.93. The molecule has 1 unspecified atom stereocenters. The summed E-state index contributed by atoms with van der Waals surface area (Å²) in [5.74, 6) is -0.348. The second-order valence-electron chi connectivity index (χ2n) is 5.52. The predicted molar refractivity (Wildman–Crippen MR) is 87.4 cm³/mol. The SMILES string of the molecule is CC1Cc2ccccc2N(c2ccc(C(=O)O)c(Br)c2)C1. The van der Waals surface area contributed by atoms with E-state index in [2.05, 4.69) is 46.0 Å². The maximum atomic E-state index is 11.1. The number of para-hydroxylation sites is 1. The van der Waals surface area contributed by atoms with Crippen molar-refractivity contribution in [2.75, 3.05) is 11.4 Å². The summed E-state index contributed by atoms with van der Waals surface area (Å²) in [6.45, 7) is 3.18. The summed E-state index contributed by atoms with van der Waals surface area (Å²) in [6.07, 6.45) is 1.08. The summed E-state index contributed by atoms with van der Waals surface area (Å²) in [5.41, 5.74) is 3.86. The summed E-state index contributed by atoms with van der Waals surface area (Å²) in [4.78, 5) is 13.4. The standard InChI is InChI=1S/C17H16BrNO2/c1-11-8-12-4-2-3-5-16(12)19(10-11)13-6-7-14(17(20)21)15(18)9-13/h2-7,9,11H,8,10H2,1H3,(H,20,21). The van der Waals surface area contributed by atoms with E-state index >= 15 is 0 Å². The van der Waals surface area contributed by atoms with E-state index in [9.17, 15) is 4.79 Å². The van der Waals surface area contributed by atoms with Crippen LogP contribution in [0.25, 0.3) is 0 Å². The minimum atomic E-state index is -0.916. The second kappa shape index (κ2) is 5.53. The van der Waals surface area contributed by atoms with Gasteiger partial charge in [0.25, 0.3) is 0 Å². The van der Waals surface area contributed by atoms with Crippen molar-refractivity contribution in [2.45, 2.75) is 13.3 Å². The number of hydrogen-bond acceptors (Lipinski definition) is 2.